The van der Waals surface area contributed by atoms with E-state index < -0.39 is 5.41 Å². The first-order valence-electron chi connectivity index (χ1n) is 9.34. The predicted molar refractivity (Wildman–Crippen MR) is 101 cm³/mol. The summed E-state index contributed by atoms with van der Waals surface area (Å²) in [6.07, 6.45) is 7.92. The molecular weight excluding hydrogens is 358 g/mol. The van der Waals surface area contributed by atoms with Crippen LogP contribution in [0.5, 0.6) is 0 Å². The zero-order valence-corrected chi connectivity index (χ0v) is 15.3. The number of aromatic nitrogens is 3. The number of rotatable bonds is 6. The molecule has 1 saturated heterocycles. The van der Waals surface area contributed by atoms with Crippen LogP contribution >= 0.6 is 0 Å². The van der Waals surface area contributed by atoms with Crippen molar-refractivity contribution in [3.8, 4) is 6.07 Å². The zero-order valence-electron chi connectivity index (χ0n) is 15.3. The Morgan fingerprint density at radius 2 is 2.32 bits per heavy atom. The Morgan fingerprint density at radius 3 is 3.04 bits per heavy atom. The second kappa shape index (κ2) is 7.31. The monoisotopic (exact) mass is 379 g/mol. The van der Waals surface area contributed by atoms with Gasteiger partial charge in [0.05, 0.1) is 12.4 Å². The van der Waals surface area contributed by atoms with Gasteiger partial charge < -0.3 is 15.2 Å². The number of anilines is 2. The lowest BCUT2D eigenvalue weighted by Gasteiger charge is -2.21. The van der Waals surface area contributed by atoms with Gasteiger partial charge >= 0.3 is 6.03 Å². The van der Waals surface area contributed by atoms with E-state index in [0.717, 1.165) is 18.5 Å². The molecule has 2 aromatic rings. The maximum atomic E-state index is 12.9. The SMILES string of the molecule is N#C[C@@]1(C2CC2)CCN(c2ccnc(NC(=O)NCCc3cnc[nH]3)c2)C1=O. The van der Waals surface area contributed by atoms with Gasteiger partial charge in [0.15, 0.2) is 0 Å². The van der Waals surface area contributed by atoms with E-state index in [2.05, 4.69) is 31.7 Å². The van der Waals surface area contributed by atoms with Crippen molar-refractivity contribution in [3.05, 3.63) is 36.5 Å². The number of urea groups is 1. The molecule has 0 spiro atoms. The molecule has 1 aliphatic carbocycles. The highest BCUT2D eigenvalue weighted by atomic mass is 16.2. The van der Waals surface area contributed by atoms with E-state index in [-0.39, 0.29) is 17.9 Å². The normalized spacial score (nSPS) is 21.4. The first-order chi connectivity index (χ1) is 13.6. The Labute approximate surface area is 162 Å². The van der Waals surface area contributed by atoms with E-state index in [0.29, 0.717) is 37.4 Å². The molecule has 1 aliphatic heterocycles. The summed E-state index contributed by atoms with van der Waals surface area (Å²) in [6.45, 7) is 0.952. The molecule has 9 nitrogen and oxygen atoms in total. The molecule has 3 amide bonds. The Balaban J connectivity index is 1.37. The van der Waals surface area contributed by atoms with Crippen LogP contribution in [0, 0.1) is 22.7 Å². The van der Waals surface area contributed by atoms with Crippen molar-refractivity contribution in [2.75, 3.05) is 23.3 Å². The Morgan fingerprint density at radius 1 is 1.46 bits per heavy atom. The number of pyridine rings is 1. The maximum absolute atomic E-state index is 12.9. The van der Waals surface area contributed by atoms with Gasteiger partial charge in [0.1, 0.15) is 11.2 Å². The van der Waals surface area contributed by atoms with Gasteiger partial charge in [-0.15, -0.1) is 0 Å². The van der Waals surface area contributed by atoms with Gasteiger partial charge in [0, 0.05) is 49.4 Å². The number of aromatic amines is 1. The molecule has 0 unspecified atom stereocenters. The number of nitrogens with zero attached hydrogens (tertiary/aromatic N) is 4. The fourth-order valence-corrected chi connectivity index (χ4v) is 3.68. The third kappa shape index (κ3) is 3.41. The highest BCUT2D eigenvalue weighted by Gasteiger charge is 2.56. The smallest absolute Gasteiger partial charge is 0.320 e. The van der Waals surface area contributed by atoms with Crippen molar-refractivity contribution < 1.29 is 9.59 Å². The lowest BCUT2D eigenvalue weighted by molar-refractivity contribution is -0.123. The molecule has 1 saturated carbocycles. The van der Waals surface area contributed by atoms with Gasteiger partial charge in [-0.1, -0.05) is 0 Å². The van der Waals surface area contributed by atoms with Crippen LogP contribution in [0.25, 0.3) is 0 Å². The van der Waals surface area contributed by atoms with E-state index in [1.165, 1.54) is 0 Å². The zero-order chi connectivity index (χ0) is 19.6. The average molecular weight is 379 g/mol. The second-order valence-electron chi connectivity index (χ2n) is 7.17. The molecule has 0 radical (unpaired) electrons. The summed E-state index contributed by atoms with van der Waals surface area (Å²) in [4.78, 5) is 37.7. The van der Waals surface area contributed by atoms with Gasteiger partial charge in [-0.05, 0) is 31.2 Å². The highest BCUT2D eigenvalue weighted by molar-refractivity contribution is 6.02. The van der Waals surface area contributed by atoms with Gasteiger partial charge in [-0.25, -0.2) is 14.8 Å². The fourth-order valence-electron chi connectivity index (χ4n) is 3.68. The maximum Gasteiger partial charge on any atom is 0.320 e. The number of carbonyl (C=O) groups excluding carboxylic acids is 2. The molecule has 0 aromatic carbocycles. The van der Waals surface area contributed by atoms with Gasteiger partial charge in [0.25, 0.3) is 0 Å². The van der Waals surface area contributed by atoms with Gasteiger partial charge in [0.2, 0.25) is 5.91 Å². The number of H-pyrrole nitrogens is 1. The Hall–Kier alpha value is -3.41. The minimum absolute atomic E-state index is 0.140. The summed E-state index contributed by atoms with van der Waals surface area (Å²) in [7, 11) is 0. The van der Waals surface area contributed by atoms with Crippen LogP contribution in [0.15, 0.2) is 30.9 Å². The summed E-state index contributed by atoms with van der Waals surface area (Å²) in [5.41, 5.74) is 0.691. The lowest BCUT2D eigenvalue weighted by Crippen LogP contribution is -2.35. The molecule has 3 heterocycles. The topological polar surface area (TPSA) is 127 Å². The first-order valence-corrected chi connectivity index (χ1v) is 9.34. The van der Waals surface area contributed by atoms with Crippen LogP contribution in [0.2, 0.25) is 0 Å². The third-order valence-corrected chi connectivity index (χ3v) is 5.36. The minimum Gasteiger partial charge on any atom is -0.348 e. The quantitative estimate of drug-likeness (QED) is 0.706. The van der Waals surface area contributed by atoms with Crippen LogP contribution in [-0.4, -0.2) is 40.0 Å². The van der Waals surface area contributed by atoms with Crippen molar-refractivity contribution in [1.29, 1.82) is 5.26 Å². The summed E-state index contributed by atoms with van der Waals surface area (Å²) < 4.78 is 0. The standard InChI is InChI=1S/C19H21N7O2/c20-11-19(13-1-2-13)5-8-26(17(19)27)15-4-7-22-16(9-15)25-18(28)23-6-3-14-10-21-12-24-14/h4,7,9-10,12-13H,1-3,5-6,8H2,(H,21,24)(H2,22,23,25,28)/t19-/m1/s1. The molecule has 4 rings (SSSR count). The number of nitrogens with one attached hydrogen (secondary N) is 3. The van der Waals surface area contributed by atoms with Gasteiger partial charge in [-0.2, -0.15) is 5.26 Å². The van der Waals surface area contributed by atoms with E-state index >= 15 is 0 Å². The van der Waals surface area contributed by atoms with Crippen molar-refractivity contribution in [3.63, 3.8) is 0 Å². The lowest BCUT2D eigenvalue weighted by atomic mass is 9.83. The molecule has 2 aromatic heterocycles. The molecule has 9 heteroatoms. The van der Waals surface area contributed by atoms with Crippen molar-refractivity contribution in [2.45, 2.75) is 25.7 Å². The number of imidazole rings is 1. The molecule has 0 bridgehead atoms. The van der Waals surface area contributed by atoms with Crippen molar-refractivity contribution in [1.82, 2.24) is 20.3 Å². The summed E-state index contributed by atoms with van der Waals surface area (Å²) >= 11 is 0. The first kappa shape index (κ1) is 18.0. The molecule has 2 aliphatic rings. The van der Waals surface area contributed by atoms with E-state index in [1.807, 2.05) is 0 Å². The Bertz CT molecular complexity index is 917. The van der Waals surface area contributed by atoms with Crippen LogP contribution in [0.1, 0.15) is 25.0 Å². The van der Waals surface area contributed by atoms with E-state index in [4.69, 9.17) is 0 Å². The van der Waals surface area contributed by atoms with Crippen molar-refractivity contribution >= 4 is 23.4 Å². The fraction of sp³-hybridized carbons (Fsp3) is 0.421. The third-order valence-electron chi connectivity index (χ3n) is 5.36. The highest BCUT2D eigenvalue weighted by Crippen LogP contribution is 2.51. The number of amides is 3. The van der Waals surface area contributed by atoms with Crippen LogP contribution in [-0.2, 0) is 11.2 Å². The molecule has 2 fully saturated rings. The number of carbonyl (C=O) groups is 2. The van der Waals surface area contributed by atoms with Gasteiger partial charge in [-0.3, -0.25) is 10.1 Å². The molecular formula is C19H21N7O2. The molecule has 1 atom stereocenters. The van der Waals surface area contributed by atoms with Crippen LogP contribution in [0.4, 0.5) is 16.3 Å². The predicted octanol–water partition coefficient (Wildman–Crippen LogP) is 1.83. The second-order valence-corrected chi connectivity index (χ2v) is 7.17. The Kier molecular flexibility index (Phi) is 4.69. The average Bonchev–Trinajstić information content (AvgIpc) is 3.31. The molecule has 144 valence electrons. The largest absolute Gasteiger partial charge is 0.348 e. The molecule has 3 N–H and O–H groups in total. The molecule has 28 heavy (non-hydrogen) atoms. The summed E-state index contributed by atoms with van der Waals surface area (Å²) in [5.74, 6) is 0.388. The van der Waals surface area contributed by atoms with Crippen LogP contribution in [0.3, 0.4) is 0 Å². The van der Waals surface area contributed by atoms with E-state index in [9.17, 15) is 14.9 Å². The summed E-state index contributed by atoms with van der Waals surface area (Å²) in [6, 6.07) is 5.28. The van der Waals surface area contributed by atoms with Crippen LogP contribution < -0.4 is 15.5 Å². The summed E-state index contributed by atoms with van der Waals surface area (Å²) in [5, 5.41) is 15.0. The number of nitriles is 1. The van der Waals surface area contributed by atoms with Crippen molar-refractivity contribution in [2.24, 2.45) is 11.3 Å². The number of hydrogen-bond donors (Lipinski definition) is 3. The minimum atomic E-state index is -0.888. The number of hydrogen-bond acceptors (Lipinski definition) is 5. The van der Waals surface area contributed by atoms with E-state index in [1.54, 1.807) is 35.8 Å².